The Kier molecular flexibility index (Phi) is 3.40. The Balaban J connectivity index is 1.72. The summed E-state index contributed by atoms with van der Waals surface area (Å²) in [5.41, 5.74) is 1.90. The van der Waals surface area contributed by atoms with Gasteiger partial charge < -0.3 is 9.84 Å². The third-order valence-corrected chi connectivity index (χ3v) is 4.05. The first-order chi connectivity index (χ1) is 9.22. The van der Waals surface area contributed by atoms with Crippen LogP contribution in [0.25, 0.3) is 0 Å². The molecule has 1 aliphatic carbocycles. The first-order valence-electron chi connectivity index (χ1n) is 7.07. The summed E-state index contributed by atoms with van der Waals surface area (Å²) in [5.74, 6) is 1.61. The maximum atomic E-state index is 9.93. The van der Waals surface area contributed by atoms with Gasteiger partial charge in [0.2, 0.25) is 5.90 Å². The van der Waals surface area contributed by atoms with Crippen LogP contribution in [-0.2, 0) is 4.74 Å². The van der Waals surface area contributed by atoms with Gasteiger partial charge in [-0.1, -0.05) is 6.42 Å². The highest BCUT2D eigenvalue weighted by Gasteiger charge is 2.25. The molecule has 0 bridgehead atoms. The van der Waals surface area contributed by atoms with Gasteiger partial charge in [-0.15, -0.1) is 0 Å². The van der Waals surface area contributed by atoms with Gasteiger partial charge in [-0.2, -0.15) is 0 Å². The quantitative estimate of drug-likeness (QED) is 0.829. The molecule has 0 amide bonds. The fraction of sp³-hybridized carbons (Fsp3) is 0.600. The van der Waals surface area contributed by atoms with Crippen LogP contribution in [0.4, 0.5) is 0 Å². The molecule has 0 aromatic heterocycles. The predicted octanol–water partition coefficient (Wildman–Crippen LogP) is 3.02. The number of nitrogens with zero attached hydrogens (tertiary/aromatic N) is 2. The largest absolute Gasteiger partial charge is 0.496 e. The molecule has 3 aliphatic rings. The standard InChI is InChI=1S/C15H20N2O2/c1-10-7-12-8-14(19-9-11-3-2-4-11)16-6-5-13(12)15(18)17-10/h7-8,11,13H,2-6,9H2,1H3,(H,17,18). The average Bonchev–Trinajstić information content (AvgIpc) is 2.49. The maximum Gasteiger partial charge on any atom is 0.208 e. The number of ether oxygens (including phenoxy) is 1. The van der Waals surface area contributed by atoms with Crippen LogP contribution in [-0.4, -0.2) is 30.1 Å². The number of aliphatic hydroxyl groups is 1. The van der Waals surface area contributed by atoms with Gasteiger partial charge in [0.1, 0.15) is 0 Å². The Bertz CT molecular complexity index is 484. The van der Waals surface area contributed by atoms with Crippen LogP contribution in [0.3, 0.4) is 0 Å². The Morgan fingerprint density at radius 1 is 1.32 bits per heavy atom. The van der Waals surface area contributed by atoms with Crippen LogP contribution in [0.15, 0.2) is 33.4 Å². The molecule has 19 heavy (non-hydrogen) atoms. The third kappa shape index (κ3) is 2.72. The minimum absolute atomic E-state index is 0.0164. The molecule has 0 spiro atoms. The summed E-state index contributed by atoms with van der Waals surface area (Å²) in [6, 6.07) is 0. The van der Waals surface area contributed by atoms with Crippen LogP contribution in [0, 0.1) is 11.8 Å². The molecule has 1 atom stereocenters. The Morgan fingerprint density at radius 3 is 2.89 bits per heavy atom. The van der Waals surface area contributed by atoms with Gasteiger partial charge in [-0.3, -0.25) is 4.99 Å². The minimum atomic E-state index is -0.0164. The van der Waals surface area contributed by atoms with Crippen LogP contribution >= 0.6 is 0 Å². The highest BCUT2D eigenvalue weighted by atomic mass is 16.5. The molecule has 4 nitrogen and oxygen atoms in total. The number of allylic oxidation sites excluding steroid dienone is 2. The number of rotatable bonds is 2. The molecule has 2 aliphatic heterocycles. The molecule has 0 aromatic carbocycles. The van der Waals surface area contributed by atoms with E-state index in [9.17, 15) is 5.11 Å². The molecule has 1 saturated carbocycles. The molecule has 1 N–H and O–H groups in total. The average molecular weight is 260 g/mol. The van der Waals surface area contributed by atoms with Gasteiger partial charge in [0.15, 0.2) is 5.90 Å². The highest BCUT2D eigenvalue weighted by Crippen LogP contribution is 2.28. The maximum absolute atomic E-state index is 9.93. The number of aliphatic hydroxyl groups excluding tert-OH is 1. The molecule has 0 saturated heterocycles. The van der Waals surface area contributed by atoms with Crippen molar-refractivity contribution in [1.82, 2.24) is 0 Å². The van der Waals surface area contributed by atoms with E-state index >= 15 is 0 Å². The van der Waals surface area contributed by atoms with E-state index in [-0.39, 0.29) is 11.8 Å². The van der Waals surface area contributed by atoms with Gasteiger partial charge in [-0.05, 0) is 43.8 Å². The highest BCUT2D eigenvalue weighted by molar-refractivity contribution is 5.92. The summed E-state index contributed by atoms with van der Waals surface area (Å²) >= 11 is 0. The summed E-state index contributed by atoms with van der Waals surface area (Å²) in [4.78, 5) is 8.59. The smallest absolute Gasteiger partial charge is 0.208 e. The van der Waals surface area contributed by atoms with Crippen molar-refractivity contribution in [2.45, 2.75) is 32.6 Å². The second-order valence-corrected chi connectivity index (χ2v) is 5.57. The number of aliphatic imine (C=N–C) groups is 2. The lowest BCUT2D eigenvalue weighted by molar-refractivity contribution is 0.173. The monoisotopic (exact) mass is 260 g/mol. The Morgan fingerprint density at radius 2 is 2.16 bits per heavy atom. The molecule has 2 heterocycles. The lowest BCUT2D eigenvalue weighted by atomic mass is 9.86. The molecule has 0 aromatic rings. The van der Waals surface area contributed by atoms with E-state index < -0.39 is 0 Å². The van der Waals surface area contributed by atoms with Gasteiger partial charge in [0, 0.05) is 18.3 Å². The zero-order chi connectivity index (χ0) is 13.2. The molecule has 102 valence electrons. The molecule has 4 heteroatoms. The van der Waals surface area contributed by atoms with Crippen molar-refractivity contribution in [2.24, 2.45) is 21.8 Å². The van der Waals surface area contributed by atoms with E-state index in [0.717, 1.165) is 24.3 Å². The number of fused-ring (bicyclic) bond motifs is 1. The second-order valence-electron chi connectivity index (χ2n) is 5.57. The van der Waals surface area contributed by atoms with Crippen molar-refractivity contribution in [2.75, 3.05) is 13.2 Å². The van der Waals surface area contributed by atoms with Crippen LogP contribution in [0.5, 0.6) is 0 Å². The van der Waals surface area contributed by atoms with Gasteiger partial charge >= 0.3 is 0 Å². The zero-order valence-corrected chi connectivity index (χ0v) is 11.3. The van der Waals surface area contributed by atoms with Crippen molar-refractivity contribution < 1.29 is 9.84 Å². The fourth-order valence-corrected chi connectivity index (χ4v) is 2.66. The van der Waals surface area contributed by atoms with E-state index in [1.165, 1.54) is 19.3 Å². The van der Waals surface area contributed by atoms with Gasteiger partial charge in [0.05, 0.1) is 12.5 Å². The minimum Gasteiger partial charge on any atom is -0.496 e. The van der Waals surface area contributed by atoms with Crippen LogP contribution < -0.4 is 0 Å². The summed E-state index contributed by atoms with van der Waals surface area (Å²) in [6.07, 6.45) is 8.65. The summed E-state index contributed by atoms with van der Waals surface area (Å²) in [6.45, 7) is 3.34. The number of hydrogen-bond acceptors (Lipinski definition) is 3. The van der Waals surface area contributed by atoms with Gasteiger partial charge in [-0.25, -0.2) is 4.99 Å². The summed E-state index contributed by atoms with van der Waals surface area (Å²) in [5, 5.41) is 9.93. The first-order valence-corrected chi connectivity index (χ1v) is 7.07. The normalized spacial score (nSPS) is 27.1. The lowest BCUT2D eigenvalue weighted by Crippen LogP contribution is -2.20. The third-order valence-electron chi connectivity index (χ3n) is 4.05. The SMILES string of the molecule is CC1=CC2=CC(OCC3CCC3)=NCCC2C(O)=N1. The van der Waals surface area contributed by atoms with E-state index in [2.05, 4.69) is 9.98 Å². The Hall–Kier alpha value is -1.58. The van der Waals surface area contributed by atoms with Crippen LogP contribution in [0.1, 0.15) is 32.6 Å². The van der Waals surface area contributed by atoms with Crippen molar-refractivity contribution in [3.05, 3.63) is 23.4 Å². The topological polar surface area (TPSA) is 54.2 Å². The van der Waals surface area contributed by atoms with Crippen molar-refractivity contribution in [3.63, 3.8) is 0 Å². The molecular formula is C15H20N2O2. The van der Waals surface area contributed by atoms with Crippen LogP contribution in [0.2, 0.25) is 0 Å². The van der Waals surface area contributed by atoms with Crippen molar-refractivity contribution >= 4 is 11.8 Å². The second kappa shape index (κ2) is 5.19. The van der Waals surface area contributed by atoms with Gasteiger partial charge in [0.25, 0.3) is 0 Å². The number of hydrogen-bond donors (Lipinski definition) is 1. The van der Waals surface area contributed by atoms with Crippen molar-refractivity contribution in [3.8, 4) is 0 Å². The summed E-state index contributed by atoms with van der Waals surface area (Å²) in [7, 11) is 0. The van der Waals surface area contributed by atoms with E-state index in [1.54, 1.807) is 0 Å². The molecular weight excluding hydrogens is 240 g/mol. The van der Waals surface area contributed by atoms with E-state index in [0.29, 0.717) is 18.4 Å². The lowest BCUT2D eigenvalue weighted by Gasteiger charge is -2.25. The van der Waals surface area contributed by atoms with Crippen molar-refractivity contribution in [1.29, 1.82) is 0 Å². The molecule has 0 radical (unpaired) electrons. The fourth-order valence-electron chi connectivity index (χ4n) is 2.66. The van der Waals surface area contributed by atoms with E-state index in [4.69, 9.17) is 4.74 Å². The molecule has 1 fully saturated rings. The summed E-state index contributed by atoms with van der Waals surface area (Å²) < 4.78 is 5.81. The predicted molar refractivity (Wildman–Crippen MR) is 75.6 cm³/mol. The zero-order valence-electron chi connectivity index (χ0n) is 11.3. The Labute approximate surface area is 113 Å². The molecule has 1 unspecified atom stereocenters. The molecule has 3 rings (SSSR count). The van der Waals surface area contributed by atoms with E-state index in [1.807, 2.05) is 19.1 Å². The first kappa shape index (κ1) is 12.5.